The molecule has 3 aromatic heterocycles. The summed E-state index contributed by atoms with van der Waals surface area (Å²) < 4.78 is 7.61. The van der Waals surface area contributed by atoms with Gasteiger partial charge in [0.15, 0.2) is 0 Å². The van der Waals surface area contributed by atoms with E-state index in [2.05, 4.69) is 360 Å². The quantitative estimate of drug-likeness (QED) is 0.148. The fourth-order valence-corrected chi connectivity index (χ4v) is 17.1. The van der Waals surface area contributed by atoms with Gasteiger partial charge >= 0.3 is 0 Å². The van der Waals surface area contributed by atoms with Crippen molar-refractivity contribution >= 4 is 132 Å². The van der Waals surface area contributed by atoms with Crippen LogP contribution < -0.4 is 26.2 Å². The normalized spacial score (nSPS) is 13.2. The molecule has 16 aromatic rings. The van der Waals surface area contributed by atoms with Crippen molar-refractivity contribution in [2.45, 2.75) is 78.6 Å². The highest BCUT2D eigenvalue weighted by atomic mass is 32.1. The lowest BCUT2D eigenvalue weighted by Crippen LogP contribution is -2.61. The molecule has 462 valence electrons. The zero-order chi connectivity index (χ0) is 65.1. The molecule has 0 fully saturated rings. The third-order valence-electron chi connectivity index (χ3n) is 20.7. The van der Waals surface area contributed by atoms with Crippen molar-refractivity contribution in [3.05, 3.63) is 296 Å². The topological polar surface area (TPSA) is 16.3 Å². The number of hydrogen-bond donors (Lipinski definition) is 0. The van der Waals surface area contributed by atoms with E-state index in [4.69, 9.17) is 0 Å². The summed E-state index contributed by atoms with van der Waals surface area (Å²) in [5.41, 5.74) is 28.5. The molecule has 0 radical (unpaired) electrons. The number of nitrogens with zero attached hydrogens (tertiary/aromatic N) is 4. The van der Waals surface area contributed by atoms with Gasteiger partial charge in [-0.15, -0.1) is 11.3 Å². The van der Waals surface area contributed by atoms with Crippen molar-refractivity contribution < 1.29 is 0 Å². The van der Waals surface area contributed by atoms with E-state index in [1.165, 1.54) is 125 Å². The van der Waals surface area contributed by atoms with Gasteiger partial charge in [0.2, 0.25) is 0 Å². The molecule has 0 aliphatic carbocycles. The Morgan fingerprint density at radius 3 is 1.50 bits per heavy atom. The Kier molecular flexibility index (Phi) is 12.9. The summed E-state index contributed by atoms with van der Waals surface area (Å²) in [5, 5.41) is 7.46. The van der Waals surface area contributed by atoms with E-state index in [0.29, 0.717) is 0 Å². The zero-order valence-electron chi connectivity index (χ0n) is 55.8. The molecule has 0 atom stereocenters. The number of aromatic nitrogens is 2. The monoisotopic (exact) mass is 1250 g/mol. The highest BCUT2D eigenvalue weighted by Crippen LogP contribution is 2.54. The van der Waals surface area contributed by atoms with Crippen LogP contribution in [0.2, 0.25) is 0 Å². The minimum Gasteiger partial charge on any atom is -0.310 e. The average Bonchev–Trinajstić information content (AvgIpc) is 1.12. The molecular weight excluding hydrogens is 1180 g/mol. The minimum absolute atomic E-state index is 0.0614. The van der Waals surface area contributed by atoms with E-state index in [1.807, 2.05) is 11.3 Å². The fourth-order valence-electron chi connectivity index (χ4n) is 15.9. The van der Waals surface area contributed by atoms with Crippen molar-refractivity contribution in [1.82, 2.24) is 9.13 Å². The van der Waals surface area contributed by atoms with Crippen molar-refractivity contribution in [2.24, 2.45) is 0 Å². The van der Waals surface area contributed by atoms with Crippen LogP contribution >= 0.6 is 11.3 Å². The number of thiophene rings is 1. The second-order valence-electron chi connectivity index (χ2n) is 29.7. The van der Waals surface area contributed by atoms with Gasteiger partial charge < -0.3 is 18.9 Å². The van der Waals surface area contributed by atoms with E-state index in [-0.39, 0.29) is 23.0 Å². The Morgan fingerprint density at radius 2 is 0.844 bits per heavy atom. The number of para-hydroxylation sites is 4. The molecular formula is C90H73BN4S. The van der Waals surface area contributed by atoms with Crippen molar-refractivity contribution in [1.29, 1.82) is 0 Å². The molecule has 96 heavy (non-hydrogen) atoms. The van der Waals surface area contributed by atoms with Gasteiger partial charge in [0, 0.05) is 82.3 Å². The number of fused-ring (bicyclic) bond motifs is 14. The first-order valence-electron chi connectivity index (χ1n) is 33.9. The highest BCUT2D eigenvalue weighted by Gasteiger charge is 2.46. The average molecular weight is 1250 g/mol. The highest BCUT2D eigenvalue weighted by molar-refractivity contribution is 7.26. The smallest absolute Gasteiger partial charge is 0.252 e. The minimum atomic E-state index is -0.266. The molecule has 0 bridgehead atoms. The molecule has 0 saturated heterocycles. The molecule has 0 saturated carbocycles. The summed E-state index contributed by atoms with van der Waals surface area (Å²) >= 11 is 1.91. The first-order chi connectivity index (χ1) is 46.5. The van der Waals surface area contributed by atoms with E-state index >= 15 is 0 Å². The largest absolute Gasteiger partial charge is 0.310 e. The molecule has 0 spiro atoms. The third-order valence-corrected chi connectivity index (χ3v) is 21.9. The predicted molar refractivity (Wildman–Crippen MR) is 414 cm³/mol. The molecule has 0 N–H and O–H groups in total. The van der Waals surface area contributed by atoms with E-state index < -0.39 is 0 Å². The molecule has 13 aromatic carbocycles. The maximum atomic E-state index is 2.71. The van der Waals surface area contributed by atoms with Gasteiger partial charge in [-0.05, 0) is 144 Å². The second kappa shape index (κ2) is 21.4. The van der Waals surface area contributed by atoms with Crippen LogP contribution in [0.1, 0.15) is 79.0 Å². The van der Waals surface area contributed by atoms with Crippen LogP contribution in [0.5, 0.6) is 0 Å². The molecule has 0 unspecified atom stereocenters. The third kappa shape index (κ3) is 8.95. The number of hydrogen-bond acceptors (Lipinski definition) is 3. The van der Waals surface area contributed by atoms with Crippen molar-refractivity contribution in [2.75, 3.05) is 9.80 Å². The summed E-state index contributed by atoms with van der Waals surface area (Å²) in [7, 11) is 0. The molecule has 18 rings (SSSR count). The van der Waals surface area contributed by atoms with Crippen molar-refractivity contribution in [3.63, 3.8) is 0 Å². The van der Waals surface area contributed by atoms with Crippen LogP contribution in [-0.2, 0) is 16.2 Å². The van der Waals surface area contributed by atoms with E-state index in [9.17, 15) is 0 Å². The van der Waals surface area contributed by atoms with Gasteiger partial charge in [0.1, 0.15) is 0 Å². The summed E-state index contributed by atoms with van der Waals surface area (Å²) in [6.07, 6.45) is 0. The van der Waals surface area contributed by atoms with Gasteiger partial charge in [-0.1, -0.05) is 269 Å². The van der Waals surface area contributed by atoms with Gasteiger partial charge in [-0.25, -0.2) is 0 Å². The Morgan fingerprint density at radius 1 is 0.312 bits per heavy atom. The molecule has 4 nitrogen and oxygen atoms in total. The van der Waals surface area contributed by atoms with E-state index in [0.717, 1.165) is 50.5 Å². The van der Waals surface area contributed by atoms with Crippen LogP contribution in [0, 0.1) is 0 Å². The second-order valence-corrected chi connectivity index (χ2v) is 30.7. The van der Waals surface area contributed by atoms with Crippen LogP contribution in [0.25, 0.3) is 109 Å². The predicted octanol–water partition coefficient (Wildman–Crippen LogP) is 23.2. The summed E-state index contributed by atoms with van der Waals surface area (Å²) in [4.78, 5) is 5.40. The number of rotatable bonds is 7. The first kappa shape index (κ1) is 58.0. The fraction of sp³-hybridized carbons (Fsp3) is 0.133. The summed E-state index contributed by atoms with van der Waals surface area (Å²) in [5.74, 6) is 0. The SMILES string of the molecule is CC(C)(C)c1cc(-c2ccc3c(c2)N(c2cccc4c2sc2ccccc24)c2cc(C(C)(C)C)cc4c2B3c2ccc(-n3c5ccccc5c5ccc6c(c7ccccc7n6-c6ccccc6)c53)cc2N4c2c(-c3ccccc3)cccc2-c2ccccc2)cc(C(C)(C)C)c1. The number of benzene rings is 13. The molecule has 2 aliphatic rings. The molecule has 5 heterocycles. The summed E-state index contributed by atoms with van der Waals surface area (Å²) in [6, 6.07) is 106. The Bertz CT molecular complexity index is 5760. The summed E-state index contributed by atoms with van der Waals surface area (Å²) in [6.45, 7) is 21.1. The van der Waals surface area contributed by atoms with E-state index in [1.54, 1.807) is 0 Å². The first-order valence-corrected chi connectivity index (χ1v) is 34.7. The van der Waals surface area contributed by atoms with Crippen LogP contribution in [0.3, 0.4) is 0 Å². The molecule has 2 aliphatic heterocycles. The number of anilines is 6. The molecule has 0 amide bonds. The lowest BCUT2D eigenvalue weighted by atomic mass is 9.33. The lowest BCUT2D eigenvalue weighted by molar-refractivity contribution is 0.569. The maximum absolute atomic E-state index is 2.71. The lowest BCUT2D eigenvalue weighted by Gasteiger charge is -2.46. The Balaban J connectivity index is 0.994. The van der Waals surface area contributed by atoms with Crippen molar-refractivity contribution in [3.8, 4) is 44.8 Å². The van der Waals surface area contributed by atoms with Gasteiger partial charge in [-0.3, -0.25) is 0 Å². The molecule has 6 heteroatoms. The Labute approximate surface area is 566 Å². The maximum Gasteiger partial charge on any atom is 0.252 e. The van der Waals surface area contributed by atoms with Crippen LogP contribution in [0.15, 0.2) is 279 Å². The van der Waals surface area contributed by atoms with Crippen LogP contribution in [-0.4, -0.2) is 15.8 Å². The van der Waals surface area contributed by atoms with Gasteiger partial charge in [0.05, 0.1) is 38.1 Å². The van der Waals surface area contributed by atoms with Crippen LogP contribution in [0.4, 0.5) is 34.1 Å². The zero-order valence-corrected chi connectivity index (χ0v) is 56.6. The van der Waals surface area contributed by atoms with Gasteiger partial charge in [0.25, 0.3) is 6.71 Å². The van der Waals surface area contributed by atoms with Gasteiger partial charge in [-0.2, -0.15) is 0 Å². The standard InChI is InChI=1S/C90H73BN4S/c1-88(2,3)60-49-59(50-61(52-60)89(4,5)6)58-43-46-72-78(51-58)94(77-41-26-38-70-68-34-21-24-42-82(68)96-87(70)77)80-53-62(90(7,8)9)54-81-84(80)91(72)73-47-44-64(55-79(73)95(81)85-65(56-27-13-10-14-28-56)36-25-37-66(85)57-29-15-11-16-30-57)93-74-39-22-19-33-67(74)69-45-48-76-83(86(69)93)71-35-20-23-40-75(71)92(76)63-31-17-12-18-32-63/h10-55H,1-9H3. The Hall–Kier alpha value is -10.7.